The minimum absolute atomic E-state index is 0.0493. The van der Waals surface area contributed by atoms with Gasteiger partial charge in [0, 0.05) is 0 Å². The van der Waals surface area contributed by atoms with Gasteiger partial charge in [0.25, 0.3) is 0 Å². The average Bonchev–Trinajstić information content (AvgIpc) is 3.24. The molecule has 1 fully saturated rings. The van der Waals surface area contributed by atoms with Crippen LogP contribution in [0, 0.1) is 5.41 Å². The molecular formula is C16H19NO3. The van der Waals surface area contributed by atoms with E-state index in [9.17, 15) is 14.7 Å². The second-order valence-corrected chi connectivity index (χ2v) is 6.02. The van der Waals surface area contributed by atoms with Crippen LogP contribution in [0.2, 0.25) is 0 Å². The van der Waals surface area contributed by atoms with Gasteiger partial charge in [-0.3, -0.25) is 9.59 Å². The molecule has 1 amide bonds. The van der Waals surface area contributed by atoms with Crippen molar-refractivity contribution in [1.29, 1.82) is 0 Å². The minimum atomic E-state index is -1.15. The van der Waals surface area contributed by atoms with E-state index in [1.807, 2.05) is 18.2 Å². The van der Waals surface area contributed by atoms with Crippen molar-refractivity contribution < 1.29 is 14.7 Å². The molecule has 4 nitrogen and oxygen atoms in total. The van der Waals surface area contributed by atoms with Crippen LogP contribution >= 0.6 is 0 Å². The van der Waals surface area contributed by atoms with Crippen LogP contribution in [0.3, 0.4) is 0 Å². The molecule has 0 aromatic heterocycles. The van der Waals surface area contributed by atoms with Crippen molar-refractivity contribution in [2.75, 3.05) is 0 Å². The maximum Gasteiger partial charge on any atom is 0.319 e. The minimum Gasteiger partial charge on any atom is -0.480 e. The molecule has 0 bridgehead atoms. The van der Waals surface area contributed by atoms with E-state index in [-0.39, 0.29) is 11.9 Å². The number of aliphatic carboxylic acids is 1. The molecule has 2 unspecified atom stereocenters. The monoisotopic (exact) mass is 273 g/mol. The Kier molecular flexibility index (Phi) is 3.04. The van der Waals surface area contributed by atoms with Crippen molar-refractivity contribution in [2.24, 2.45) is 5.41 Å². The third-order valence-corrected chi connectivity index (χ3v) is 4.69. The van der Waals surface area contributed by atoms with Gasteiger partial charge in [-0.1, -0.05) is 31.2 Å². The van der Waals surface area contributed by atoms with E-state index in [0.29, 0.717) is 18.8 Å². The van der Waals surface area contributed by atoms with Crippen molar-refractivity contribution >= 4 is 11.9 Å². The number of carbonyl (C=O) groups excluding carboxylic acids is 1. The topological polar surface area (TPSA) is 66.4 Å². The SMILES string of the molecule is CC1CCC(NC(=O)C2(C(=O)O)CC2)c2ccccc21. The number of fused-ring (bicyclic) bond motifs is 1. The standard InChI is InChI=1S/C16H19NO3/c1-10-6-7-13(12-5-3-2-4-11(10)12)17-14(18)16(8-9-16)15(19)20/h2-5,10,13H,6-9H2,1H3,(H,17,18)(H,19,20). The van der Waals surface area contributed by atoms with E-state index in [0.717, 1.165) is 18.4 Å². The largest absolute Gasteiger partial charge is 0.480 e. The molecule has 1 saturated carbocycles. The van der Waals surface area contributed by atoms with Crippen LogP contribution in [0.25, 0.3) is 0 Å². The molecule has 0 spiro atoms. The van der Waals surface area contributed by atoms with Crippen LogP contribution < -0.4 is 5.32 Å². The zero-order valence-electron chi connectivity index (χ0n) is 11.6. The van der Waals surface area contributed by atoms with Crippen LogP contribution in [0.4, 0.5) is 0 Å². The molecule has 4 heteroatoms. The summed E-state index contributed by atoms with van der Waals surface area (Å²) in [5.41, 5.74) is 1.25. The quantitative estimate of drug-likeness (QED) is 0.832. The van der Waals surface area contributed by atoms with Gasteiger partial charge in [-0.25, -0.2) is 0 Å². The van der Waals surface area contributed by atoms with Gasteiger partial charge in [0.05, 0.1) is 6.04 Å². The van der Waals surface area contributed by atoms with Gasteiger partial charge in [0.1, 0.15) is 5.41 Å². The number of rotatable bonds is 3. The summed E-state index contributed by atoms with van der Waals surface area (Å²) >= 11 is 0. The smallest absolute Gasteiger partial charge is 0.319 e. The highest BCUT2D eigenvalue weighted by Crippen LogP contribution is 2.47. The first-order valence-electron chi connectivity index (χ1n) is 7.18. The number of carbonyl (C=O) groups is 2. The first kappa shape index (κ1) is 13.2. The van der Waals surface area contributed by atoms with Crippen LogP contribution in [0.1, 0.15) is 55.7 Å². The maximum absolute atomic E-state index is 12.2. The molecule has 2 aliphatic rings. The number of hydrogen-bond acceptors (Lipinski definition) is 2. The maximum atomic E-state index is 12.2. The molecule has 1 aromatic rings. The summed E-state index contributed by atoms with van der Waals surface area (Å²) in [4.78, 5) is 23.4. The van der Waals surface area contributed by atoms with Gasteiger partial charge in [-0.15, -0.1) is 0 Å². The molecule has 2 N–H and O–H groups in total. The second kappa shape index (κ2) is 4.62. The summed E-state index contributed by atoms with van der Waals surface area (Å²) in [6.45, 7) is 2.19. The van der Waals surface area contributed by atoms with Gasteiger partial charge in [-0.2, -0.15) is 0 Å². The Labute approximate surface area is 118 Å². The van der Waals surface area contributed by atoms with E-state index < -0.39 is 11.4 Å². The Morgan fingerprint density at radius 2 is 1.85 bits per heavy atom. The predicted octanol–water partition coefficient (Wildman–Crippen LogP) is 2.61. The Morgan fingerprint density at radius 3 is 2.45 bits per heavy atom. The number of benzene rings is 1. The Hall–Kier alpha value is -1.84. The fourth-order valence-corrected chi connectivity index (χ4v) is 3.11. The third-order valence-electron chi connectivity index (χ3n) is 4.69. The number of amides is 1. The molecule has 0 heterocycles. The van der Waals surface area contributed by atoms with Crippen LogP contribution in [-0.2, 0) is 9.59 Å². The molecule has 2 aliphatic carbocycles. The van der Waals surface area contributed by atoms with Gasteiger partial charge in [0.2, 0.25) is 5.91 Å². The van der Waals surface area contributed by atoms with Crippen LogP contribution in [0.5, 0.6) is 0 Å². The Bertz CT molecular complexity index is 563. The second-order valence-electron chi connectivity index (χ2n) is 6.02. The van der Waals surface area contributed by atoms with E-state index in [2.05, 4.69) is 18.3 Å². The van der Waals surface area contributed by atoms with Crippen molar-refractivity contribution in [3.63, 3.8) is 0 Å². The summed E-state index contributed by atoms with van der Waals surface area (Å²) in [5, 5.41) is 12.1. The number of carboxylic acids is 1. The van der Waals surface area contributed by atoms with Gasteiger partial charge in [-0.05, 0) is 42.7 Å². The highest BCUT2D eigenvalue weighted by Gasteiger charge is 2.57. The van der Waals surface area contributed by atoms with E-state index in [4.69, 9.17) is 0 Å². The lowest BCUT2D eigenvalue weighted by atomic mass is 9.81. The van der Waals surface area contributed by atoms with Gasteiger partial charge < -0.3 is 10.4 Å². The predicted molar refractivity (Wildman–Crippen MR) is 74.3 cm³/mol. The first-order valence-corrected chi connectivity index (χ1v) is 7.18. The van der Waals surface area contributed by atoms with E-state index in [1.165, 1.54) is 5.56 Å². The van der Waals surface area contributed by atoms with Crippen molar-refractivity contribution in [3.8, 4) is 0 Å². The molecule has 106 valence electrons. The summed E-state index contributed by atoms with van der Waals surface area (Å²) < 4.78 is 0. The van der Waals surface area contributed by atoms with Crippen molar-refractivity contribution in [3.05, 3.63) is 35.4 Å². The van der Waals surface area contributed by atoms with Gasteiger partial charge >= 0.3 is 5.97 Å². The summed E-state index contributed by atoms with van der Waals surface area (Å²) in [6, 6.07) is 8.07. The van der Waals surface area contributed by atoms with Crippen molar-refractivity contribution in [1.82, 2.24) is 5.32 Å². The summed E-state index contributed by atoms with van der Waals surface area (Å²) in [7, 11) is 0. The Balaban J connectivity index is 1.81. The van der Waals surface area contributed by atoms with E-state index >= 15 is 0 Å². The average molecular weight is 273 g/mol. The number of hydrogen-bond donors (Lipinski definition) is 2. The number of carboxylic acid groups (broad SMARTS) is 1. The summed E-state index contributed by atoms with van der Waals surface area (Å²) in [6.07, 6.45) is 2.81. The highest BCUT2D eigenvalue weighted by molar-refractivity contribution is 6.05. The Morgan fingerprint density at radius 1 is 1.20 bits per heavy atom. The molecule has 0 radical (unpaired) electrons. The summed E-state index contributed by atoms with van der Waals surface area (Å²) in [5.74, 6) is -0.819. The lowest BCUT2D eigenvalue weighted by Crippen LogP contribution is -2.40. The lowest BCUT2D eigenvalue weighted by molar-refractivity contribution is -0.149. The fourth-order valence-electron chi connectivity index (χ4n) is 3.11. The molecule has 20 heavy (non-hydrogen) atoms. The third kappa shape index (κ3) is 1.99. The van der Waals surface area contributed by atoms with Crippen LogP contribution in [-0.4, -0.2) is 17.0 Å². The molecule has 0 aliphatic heterocycles. The lowest BCUT2D eigenvalue weighted by Gasteiger charge is -2.31. The molecule has 0 saturated heterocycles. The first-order chi connectivity index (χ1) is 9.54. The highest BCUT2D eigenvalue weighted by atomic mass is 16.4. The molecule has 2 atom stereocenters. The van der Waals surface area contributed by atoms with Crippen molar-refractivity contribution in [2.45, 2.75) is 44.6 Å². The molecule has 1 aromatic carbocycles. The number of nitrogens with one attached hydrogen (secondary N) is 1. The normalized spacial score (nSPS) is 26.4. The van der Waals surface area contributed by atoms with E-state index in [1.54, 1.807) is 0 Å². The van der Waals surface area contributed by atoms with Crippen LogP contribution in [0.15, 0.2) is 24.3 Å². The zero-order chi connectivity index (χ0) is 14.3. The fraction of sp³-hybridized carbons (Fsp3) is 0.500. The zero-order valence-corrected chi connectivity index (χ0v) is 11.6. The molecular weight excluding hydrogens is 254 g/mol. The van der Waals surface area contributed by atoms with Gasteiger partial charge in [0.15, 0.2) is 0 Å². The molecule has 3 rings (SSSR count).